The summed E-state index contributed by atoms with van der Waals surface area (Å²) in [6, 6.07) is 12.1. The predicted octanol–water partition coefficient (Wildman–Crippen LogP) is 5.78. The first kappa shape index (κ1) is 13.7. The Hall–Kier alpha value is -1.29. The molecule has 0 fully saturated rings. The SMILES string of the molecule is CC(Nc1cnc2ccccc2c1)c1cc(Cl)sc1Cl. The van der Waals surface area contributed by atoms with Crippen LogP contribution in [0, 0.1) is 0 Å². The van der Waals surface area contributed by atoms with Gasteiger partial charge in [0.2, 0.25) is 0 Å². The van der Waals surface area contributed by atoms with Crippen LogP contribution in [0.25, 0.3) is 10.9 Å². The number of fused-ring (bicyclic) bond motifs is 1. The lowest BCUT2D eigenvalue weighted by molar-refractivity contribution is 0.890. The topological polar surface area (TPSA) is 24.9 Å². The Morgan fingerprint density at radius 2 is 2.00 bits per heavy atom. The van der Waals surface area contributed by atoms with Crippen LogP contribution in [0.4, 0.5) is 5.69 Å². The van der Waals surface area contributed by atoms with Gasteiger partial charge in [-0.05, 0) is 25.1 Å². The van der Waals surface area contributed by atoms with E-state index in [2.05, 4.69) is 23.3 Å². The number of thiophene rings is 1. The lowest BCUT2D eigenvalue weighted by Gasteiger charge is -2.14. The summed E-state index contributed by atoms with van der Waals surface area (Å²) in [5, 5.41) is 4.52. The maximum Gasteiger partial charge on any atom is 0.0996 e. The first-order chi connectivity index (χ1) is 9.63. The molecular weight excluding hydrogens is 311 g/mol. The van der Waals surface area contributed by atoms with Crippen molar-refractivity contribution < 1.29 is 0 Å². The molecule has 0 saturated heterocycles. The highest BCUT2D eigenvalue weighted by Crippen LogP contribution is 2.36. The smallest absolute Gasteiger partial charge is 0.0996 e. The van der Waals surface area contributed by atoms with Crippen LogP contribution in [0.2, 0.25) is 8.67 Å². The second kappa shape index (κ2) is 5.60. The van der Waals surface area contributed by atoms with Crippen molar-refractivity contribution in [3.05, 3.63) is 56.8 Å². The van der Waals surface area contributed by atoms with Crippen LogP contribution in [0.3, 0.4) is 0 Å². The lowest BCUT2D eigenvalue weighted by atomic mass is 10.1. The first-order valence-electron chi connectivity index (χ1n) is 6.19. The van der Waals surface area contributed by atoms with E-state index in [-0.39, 0.29) is 6.04 Å². The molecular formula is C15H12Cl2N2S. The average Bonchev–Trinajstić information content (AvgIpc) is 2.78. The van der Waals surface area contributed by atoms with Gasteiger partial charge in [-0.1, -0.05) is 41.4 Å². The van der Waals surface area contributed by atoms with Gasteiger partial charge >= 0.3 is 0 Å². The molecule has 1 N–H and O–H groups in total. The van der Waals surface area contributed by atoms with Gasteiger partial charge in [0.1, 0.15) is 0 Å². The summed E-state index contributed by atoms with van der Waals surface area (Å²) in [7, 11) is 0. The highest BCUT2D eigenvalue weighted by Gasteiger charge is 2.13. The van der Waals surface area contributed by atoms with Gasteiger partial charge in [0.05, 0.1) is 32.1 Å². The van der Waals surface area contributed by atoms with Crippen molar-refractivity contribution in [2.75, 3.05) is 5.32 Å². The van der Waals surface area contributed by atoms with Gasteiger partial charge < -0.3 is 5.32 Å². The third-order valence-electron chi connectivity index (χ3n) is 3.12. The van der Waals surface area contributed by atoms with E-state index in [4.69, 9.17) is 23.2 Å². The molecule has 2 nitrogen and oxygen atoms in total. The van der Waals surface area contributed by atoms with E-state index in [0.717, 1.165) is 26.5 Å². The summed E-state index contributed by atoms with van der Waals surface area (Å²) in [4.78, 5) is 4.44. The number of para-hydroxylation sites is 1. The van der Waals surface area contributed by atoms with E-state index in [0.29, 0.717) is 4.34 Å². The van der Waals surface area contributed by atoms with Crippen molar-refractivity contribution >= 4 is 51.1 Å². The molecule has 0 saturated carbocycles. The van der Waals surface area contributed by atoms with Crippen molar-refractivity contribution in [1.29, 1.82) is 0 Å². The summed E-state index contributed by atoms with van der Waals surface area (Å²) in [5.74, 6) is 0. The summed E-state index contributed by atoms with van der Waals surface area (Å²) in [6.45, 7) is 2.06. The molecule has 0 aliphatic carbocycles. The molecule has 0 aliphatic rings. The van der Waals surface area contributed by atoms with Gasteiger partial charge in [0, 0.05) is 10.9 Å². The highest BCUT2D eigenvalue weighted by atomic mass is 35.5. The molecule has 3 aromatic rings. The second-order valence-corrected chi connectivity index (χ2v) is 6.85. The van der Waals surface area contributed by atoms with Crippen LogP contribution in [-0.4, -0.2) is 4.98 Å². The number of nitrogens with one attached hydrogen (secondary N) is 1. The number of benzene rings is 1. The molecule has 0 radical (unpaired) electrons. The molecule has 2 aromatic heterocycles. The zero-order valence-corrected chi connectivity index (χ0v) is 13.1. The molecule has 0 bridgehead atoms. The minimum atomic E-state index is 0.0780. The minimum Gasteiger partial charge on any atom is -0.377 e. The monoisotopic (exact) mass is 322 g/mol. The van der Waals surface area contributed by atoms with Crippen molar-refractivity contribution in [1.82, 2.24) is 4.98 Å². The second-order valence-electron chi connectivity index (χ2n) is 4.56. The fourth-order valence-corrected chi connectivity index (χ4v) is 3.77. The first-order valence-corrected chi connectivity index (χ1v) is 7.77. The maximum atomic E-state index is 6.18. The van der Waals surface area contributed by atoms with Gasteiger partial charge in [0.25, 0.3) is 0 Å². The predicted molar refractivity (Wildman–Crippen MR) is 88.1 cm³/mol. The third-order valence-corrected chi connectivity index (χ3v) is 4.64. The Kier molecular flexibility index (Phi) is 3.83. The van der Waals surface area contributed by atoms with Crippen molar-refractivity contribution in [3.8, 4) is 0 Å². The van der Waals surface area contributed by atoms with Gasteiger partial charge in [-0.3, -0.25) is 4.98 Å². The zero-order valence-electron chi connectivity index (χ0n) is 10.7. The molecule has 3 rings (SSSR count). The number of hydrogen-bond acceptors (Lipinski definition) is 3. The molecule has 1 unspecified atom stereocenters. The Bertz CT molecular complexity index is 754. The number of aromatic nitrogens is 1. The summed E-state index contributed by atoms with van der Waals surface area (Å²) in [6.07, 6.45) is 1.83. The molecule has 1 atom stereocenters. The number of pyridine rings is 1. The van der Waals surface area contributed by atoms with Gasteiger partial charge in [-0.15, -0.1) is 11.3 Å². The summed E-state index contributed by atoms with van der Waals surface area (Å²) in [5.41, 5.74) is 2.96. The van der Waals surface area contributed by atoms with Crippen molar-refractivity contribution in [2.24, 2.45) is 0 Å². The zero-order chi connectivity index (χ0) is 14.1. The van der Waals surface area contributed by atoms with Crippen molar-refractivity contribution in [2.45, 2.75) is 13.0 Å². The molecule has 0 amide bonds. The largest absolute Gasteiger partial charge is 0.377 e. The summed E-state index contributed by atoms with van der Waals surface area (Å²) >= 11 is 13.6. The molecule has 20 heavy (non-hydrogen) atoms. The van der Waals surface area contributed by atoms with Crippen LogP contribution in [0.1, 0.15) is 18.5 Å². The van der Waals surface area contributed by atoms with Crippen LogP contribution >= 0.6 is 34.5 Å². The fourth-order valence-electron chi connectivity index (χ4n) is 2.13. The van der Waals surface area contributed by atoms with Gasteiger partial charge in [-0.2, -0.15) is 0 Å². The summed E-state index contributed by atoms with van der Waals surface area (Å²) < 4.78 is 1.43. The molecule has 102 valence electrons. The maximum absolute atomic E-state index is 6.18. The van der Waals surface area contributed by atoms with E-state index >= 15 is 0 Å². The fraction of sp³-hybridized carbons (Fsp3) is 0.133. The van der Waals surface area contributed by atoms with Gasteiger partial charge in [0.15, 0.2) is 0 Å². The molecule has 2 heterocycles. The minimum absolute atomic E-state index is 0.0780. The normalized spacial score (nSPS) is 12.6. The number of anilines is 1. The standard InChI is InChI=1S/C15H12Cl2N2S/c1-9(12-7-14(16)20-15(12)17)19-11-6-10-4-2-3-5-13(10)18-8-11/h2-9,19H,1H3. The van der Waals surface area contributed by atoms with Crippen LogP contribution in [0.5, 0.6) is 0 Å². The van der Waals surface area contributed by atoms with Crippen LogP contribution < -0.4 is 5.32 Å². The quantitative estimate of drug-likeness (QED) is 0.661. The molecule has 1 aromatic carbocycles. The molecule has 0 spiro atoms. The van der Waals surface area contributed by atoms with E-state index in [9.17, 15) is 0 Å². The number of rotatable bonds is 3. The van der Waals surface area contributed by atoms with E-state index in [1.807, 2.05) is 36.5 Å². The number of hydrogen-bond donors (Lipinski definition) is 1. The Balaban J connectivity index is 1.87. The van der Waals surface area contributed by atoms with E-state index in [1.165, 1.54) is 11.3 Å². The molecule has 5 heteroatoms. The molecule has 0 aliphatic heterocycles. The Morgan fingerprint density at radius 1 is 1.20 bits per heavy atom. The van der Waals surface area contributed by atoms with Gasteiger partial charge in [-0.25, -0.2) is 0 Å². The Labute approximate surface area is 131 Å². The number of nitrogens with zero attached hydrogens (tertiary/aromatic N) is 1. The van der Waals surface area contributed by atoms with E-state index < -0.39 is 0 Å². The Morgan fingerprint density at radius 3 is 2.75 bits per heavy atom. The highest BCUT2D eigenvalue weighted by molar-refractivity contribution is 7.20. The van der Waals surface area contributed by atoms with E-state index in [1.54, 1.807) is 0 Å². The van der Waals surface area contributed by atoms with Crippen molar-refractivity contribution in [3.63, 3.8) is 0 Å². The van der Waals surface area contributed by atoms with Crippen LogP contribution in [0.15, 0.2) is 42.6 Å². The third kappa shape index (κ3) is 2.75. The number of halogens is 2. The van der Waals surface area contributed by atoms with Crippen LogP contribution in [-0.2, 0) is 0 Å². The lowest BCUT2D eigenvalue weighted by Crippen LogP contribution is -2.06. The average molecular weight is 323 g/mol.